The summed E-state index contributed by atoms with van der Waals surface area (Å²) in [7, 11) is 0. The fourth-order valence-electron chi connectivity index (χ4n) is 7.54. The number of carbonyl (C=O) groups excluding carboxylic acids is 2. The van der Waals surface area contributed by atoms with E-state index in [4.69, 9.17) is 4.74 Å². The minimum absolute atomic E-state index is 0.0479. The molecule has 6 nitrogen and oxygen atoms in total. The van der Waals surface area contributed by atoms with E-state index in [0.29, 0.717) is 19.3 Å². The van der Waals surface area contributed by atoms with Crippen LogP contribution >= 0.6 is 0 Å². The van der Waals surface area contributed by atoms with E-state index in [1.54, 1.807) is 0 Å². The molecule has 6 heteroatoms. The van der Waals surface area contributed by atoms with Gasteiger partial charge >= 0.3 is 5.97 Å². The van der Waals surface area contributed by atoms with E-state index in [1.165, 1.54) is 122 Å². The maximum Gasteiger partial charge on any atom is 0.306 e. The fraction of sp³-hybridized carbons (Fsp3) is 0.778. The summed E-state index contributed by atoms with van der Waals surface area (Å²) in [5.74, 6) is -0.573. The zero-order chi connectivity index (χ0) is 43.8. The van der Waals surface area contributed by atoms with Crippen molar-refractivity contribution in [2.24, 2.45) is 0 Å². The predicted octanol–water partition coefficient (Wildman–Crippen LogP) is 15.2. The first kappa shape index (κ1) is 57.6. The van der Waals surface area contributed by atoms with Crippen LogP contribution in [0.4, 0.5) is 0 Å². The molecule has 0 aromatic heterocycles. The lowest BCUT2D eigenvalue weighted by atomic mass is 10.0. The molecule has 0 aliphatic rings. The molecule has 3 N–H and O–H groups in total. The number of carbonyl (C=O) groups is 2. The summed E-state index contributed by atoms with van der Waals surface area (Å²) in [5, 5.41) is 23.7. The Kier molecular flexibility index (Phi) is 45.7. The second-order valence-electron chi connectivity index (χ2n) is 17.2. The lowest BCUT2D eigenvalue weighted by Gasteiger charge is -2.24. The van der Waals surface area contributed by atoms with Crippen molar-refractivity contribution in [3.05, 3.63) is 60.8 Å². The molecule has 60 heavy (non-hydrogen) atoms. The van der Waals surface area contributed by atoms with Crippen molar-refractivity contribution in [3.8, 4) is 0 Å². The van der Waals surface area contributed by atoms with Gasteiger partial charge in [-0.05, 0) is 57.8 Å². The van der Waals surface area contributed by atoms with E-state index < -0.39 is 18.2 Å². The Balaban J connectivity index is 4.48. The third-order valence-electron chi connectivity index (χ3n) is 11.4. The Morgan fingerprint density at radius 2 is 0.867 bits per heavy atom. The van der Waals surface area contributed by atoms with Gasteiger partial charge in [-0.3, -0.25) is 9.59 Å². The summed E-state index contributed by atoms with van der Waals surface area (Å²) in [5.41, 5.74) is 0. The standard InChI is InChI=1S/C54H97NO5/c1-4-7-10-13-16-19-21-23-25-27-28-30-32-34-37-40-43-46-52(57)51(49-56)55-53(58)48-50(45-42-39-36-18-15-12-9-6-3)60-54(59)47-44-41-38-35-33-31-29-26-24-22-20-17-14-11-8-5-2/h8,11,17,20,24,26,31,33,38,41,50-52,56-57H,4-7,9-10,12-16,18-19,21-23,25,27-30,32,34-37,39-40,42-49H2,1-3H3,(H,55,58)/b11-8+,20-17+,26-24+,33-31+,41-38+. The second-order valence-corrected chi connectivity index (χ2v) is 17.2. The van der Waals surface area contributed by atoms with Crippen molar-refractivity contribution in [2.75, 3.05) is 6.61 Å². The molecule has 0 spiro atoms. The molecule has 348 valence electrons. The number of esters is 1. The predicted molar refractivity (Wildman–Crippen MR) is 259 cm³/mol. The molecule has 3 atom stereocenters. The van der Waals surface area contributed by atoms with Gasteiger partial charge in [-0.15, -0.1) is 0 Å². The number of nitrogens with one attached hydrogen (secondary N) is 1. The lowest BCUT2D eigenvalue weighted by Crippen LogP contribution is -2.46. The zero-order valence-electron chi connectivity index (χ0n) is 39.6. The molecular weight excluding hydrogens is 743 g/mol. The maximum atomic E-state index is 13.1. The normalized spacial score (nSPS) is 13.8. The smallest absolute Gasteiger partial charge is 0.306 e. The van der Waals surface area contributed by atoms with Crippen LogP contribution in [0.3, 0.4) is 0 Å². The molecule has 0 fully saturated rings. The van der Waals surface area contributed by atoms with Crippen LogP contribution < -0.4 is 5.32 Å². The third-order valence-corrected chi connectivity index (χ3v) is 11.4. The van der Waals surface area contributed by atoms with Crippen LogP contribution in [0.2, 0.25) is 0 Å². The van der Waals surface area contributed by atoms with Gasteiger partial charge in [0.1, 0.15) is 6.10 Å². The van der Waals surface area contributed by atoms with Gasteiger partial charge in [0.05, 0.1) is 25.2 Å². The first-order valence-electron chi connectivity index (χ1n) is 25.5. The maximum absolute atomic E-state index is 13.1. The summed E-state index contributed by atoms with van der Waals surface area (Å²) < 4.78 is 5.86. The van der Waals surface area contributed by atoms with E-state index in [2.05, 4.69) is 80.8 Å². The quantitative estimate of drug-likeness (QED) is 0.0322. The van der Waals surface area contributed by atoms with Gasteiger partial charge in [0, 0.05) is 6.42 Å². The molecule has 0 aromatic rings. The van der Waals surface area contributed by atoms with Gasteiger partial charge in [-0.2, -0.15) is 0 Å². The van der Waals surface area contributed by atoms with Crippen LogP contribution in [0.25, 0.3) is 0 Å². The van der Waals surface area contributed by atoms with Crippen molar-refractivity contribution in [1.82, 2.24) is 5.32 Å². The number of amides is 1. The number of unbranched alkanes of at least 4 members (excludes halogenated alkanes) is 23. The van der Waals surface area contributed by atoms with E-state index in [1.807, 2.05) is 6.08 Å². The average Bonchev–Trinajstić information content (AvgIpc) is 3.24. The molecule has 0 aliphatic heterocycles. The summed E-state index contributed by atoms with van der Waals surface area (Å²) in [6.07, 6.45) is 58.7. The molecule has 0 aliphatic carbocycles. The van der Waals surface area contributed by atoms with Crippen molar-refractivity contribution in [3.63, 3.8) is 0 Å². The van der Waals surface area contributed by atoms with Gasteiger partial charge in [0.2, 0.25) is 5.91 Å². The van der Waals surface area contributed by atoms with Crippen molar-refractivity contribution in [2.45, 2.75) is 264 Å². The molecule has 0 radical (unpaired) electrons. The van der Waals surface area contributed by atoms with E-state index in [9.17, 15) is 19.8 Å². The Hall–Kier alpha value is -2.44. The molecular formula is C54H97NO5. The Bertz CT molecular complexity index is 1080. The topological polar surface area (TPSA) is 95.9 Å². The zero-order valence-corrected chi connectivity index (χ0v) is 39.6. The van der Waals surface area contributed by atoms with E-state index >= 15 is 0 Å². The summed E-state index contributed by atoms with van der Waals surface area (Å²) in [6, 6.07) is -0.714. The molecule has 0 rings (SSSR count). The minimum atomic E-state index is -0.799. The first-order chi connectivity index (χ1) is 29.5. The summed E-state index contributed by atoms with van der Waals surface area (Å²) >= 11 is 0. The highest BCUT2D eigenvalue weighted by atomic mass is 16.5. The van der Waals surface area contributed by atoms with E-state index in [-0.39, 0.29) is 31.3 Å². The lowest BCUT2D eigenvalue weighted by molar-refractivity contribution is -0.150. The third kappa shape index (κ3) is 42.3. The van der Waals surface area contributed by atoms with Crippen LogP contribution in [-0.2, 0) is 14.3 Å². The molecule has 3 unspecified atom stereocenters. The van der Waals surface area contributed by atoms with Crippen LogP contribution in [-0.4, -0.2) is 46.9 Å². The highest BCUT2D eigenvalue weighted by Crippen LogP contribution is 2.17. The molecule has 0 heterocycles. The van der Waals surface area contributed by atoms with Crippen molar-refractivity contribution >= 4 is 11.9 Å². The van der Waals surface area contributed by atoms with Gasteiger partial charge in [0.15, 0.2) is 0 Å². The number of aliphatic hydroxyl groups is 2. The Morgan fingerprint density at radius 3 is 1.27 bits per heavy atom. The molecule has 0 saturated carbocycles. The fourth-order valence-corrected chi connectivity index (χ4v) is 7.54. The second kappa shape index (κ2) is 47.6. The van der Waals surface area contributed by atoms with Gasteiger partial charge < -0.3 is 20.3 Å². The monoisotopic (exact) mass is 840 g/mol. The number of allylic oxidation sites excluding steroid dienone is 10. The molecule has 1 amide bonds. The SMILES string of the molecule is CC/C=C/C/C=C/C/C=C/C/C=C/C/C=C/CCC(=O)OC(CCCCCCCCCC)CC(=O)NC(CO)C(O)CCCCCCCCCCCCCCCCCCC. The number of hydrogen-bond donors (Lipinski definition) is 3. The molecule has 0 aromatic carbocycles. The van der Waals surface area contributed by atoms with Gasteiger partial charge in [-0.25, -0.2) is 0 Å². The molecule has 0 bridgehead atoms. The van der Waals surface area contributed by atoms with Crippen LogP contribution in [0.5, 0.6) is 0 Å². The number of ether oxygens (including phenoxy) is 1. The Labute approximate surface area is 371 Å². The van der Waals surface area contributed by atoms with Crippen LogP contribution in [0.15, 0.2) is 60.8 Å². The number of hydrogen-bond acceptors (Lipinski definition) is 5. The largest absolute Gasteiger partial charge is 0.462 e. The van der Waals surface area contributed by atoms with Crippen LogP contribution in [0, 0.1) is 0 Å². The highest BCUT2D eigenvalue weighted by molar-refractivity contribution is 5.77. The number of aliphatic hydroxyl groups excluding tert-OH is 2. The van der Waals surface area contributed by atoms with Crippen molar-refractivity contribution < 1.29 is 24.5 Å². The Morgan fingerprint density at radius 1 is 0.500 bits per heavy atom. The summed E-state index contributed by atoms with van der Waals surface area (Å²) in [4.78, 5) is 26.0. The highest BCUT2D eigenvalue weighted by Gasteiger charge is 2.24. The van der Waals surface area contributed by atoms with Crippen molar-refractivity contribution in [1.29, 1.82) is 0 Å². The molecule has 0 saturated heterocycles. The van der Waals surface area contributed by atoms with Gasteiger partial charge in [-0.1, -0.05) is 236 Å². The van der Waals surface area contributed by atoms with Crippen LogP contribution in [0.1, 0.15) is 245 Å². The van der Waals surface area contributed by atoms with E-state index in [0.717, 1.165) is 70.6 Å². The number of rotatable bonds is 45. The average molecular weight is 840 g/mol. The van der Waals surface area contributed by atoms with Gasteiger partial charge in [0.25, 0.3) is 0 Å². The summed E-state index contributed by atoms with van der Waals surface area (Å²) in [6.45, 7) is 6.34. The first-order valence-corrected chi connectivity index (χ1v) is 25.5. The minimum Gasteiger partial charge on any atom is -0.462 e.